The maximum absolute atomic E-state index is 11.9. The van der Waals surface area contributed by atoms with E-state index in [-0.39, 0.29) is 18.1 Å². The lowest BCUT2D eigenvalue weighted by Crippen LogP contribution is -2.16. The predicted molar refractivity (Wildman–Crippen MR) is 76.6 cm³/mol. The number of aromatic nitrogens is 4. The molecule has 3 N–H and O–H groups in total. The van der Waals surface area contributed by atoms with Crippen LogP contribution in [0.2, 0.25) is 0 Å². The summed E-state index contributed by atoms with van der Waals surface area (Å²) in [5.74, 6) is 0.286. The number of nitrogens with zero attached hydrogens (tertiary/aromatic N) is 4. The van der Waals surface area contributed by atoms with Crippen LogP contribution in [0.3, 0.4) is 0 Å². The first-order valence-corrected chi connectivity index (χ1v) is 6.64. The molecular weight excluding hydrogens is 308 g/mol. The predicted octanol–water partition coefficient (Wildman–Crippen LogP) is 0.168. The molecule has 0 aromatic carbocycles. The van der Waals surface area contributed by atoms with Crippen molar-refractivity contribution in [2.24, 2.45) is 0 Å². The number of hydrogen-bond donors (Lipinski definition) is 2. The van der Waals surface area contributed by atoms with E-state index < -0.39 is 5.76 Å². The molecule has 0 amide bonds. The summed E-state index contributed by atoms with van der Waals surface area (Å²) in [6.45, 7) is 1.03. The maximum Gasteiger partial charge on any atom is 0.442 e. The van der Waals surface area contributed by atoms with Crippen molar-refractivity contribution in [1.82, 2.24) is 20.0 Å². The van der Waals surface area contributed by atoms with E-state index in [2.05, 4.69) is 20.8 Å². The van der Waals surface area contributed by atoms with Crippen LogP contribution < -0.4 is 16.8 Å². The zero-order chi connectivity index (χ0) is 16.2. The number of furan rings is 1. The highest BCUT2D eigenvalue weighted by molar-refractivity contribution is 5.64. The summed E-state index contributed by atoms with van der Waals surface area (Å²) in [7, 11) is 1.58. The second-order valence-electron chi connectivity index (χ2n) is 4.59. The van der Waals surface area contributed by atoms with E-state index in [1.807, 2.05) is 0 Å². The molecule has 0 atom stereocenters. The summed E-state index contributed by atoms with van der Waals surface area (Å²) in [5, 5.41) is 14.2. The second kappa shape index (κ2) is 6.36. The van der Waals surface area contributed by atoms with Gasteiger partial charge in [-0.3, -0.25) is 4.52 Å². The van der Waals surface area contributed by atoms with E-state index in [0.29, 0.717) is 30.4 Å². The van der Waals surface area contributed by atoms with E-state index in [1.165, 1.54) is 10.8 Å². The van der Waals surface area contributed by atoms with Gasteiger partial charge >= 0.3 is 5.76 Å². The Morgan fingerprint density at radius 3 is 3.00 bits per heavy atom. The van der Waals surface area contributed by atoms with Crippen LogP contribution in [0, 0.1) is 0 Å². The van der Waals surface area contributed by atoms with Crippen molar-refractivity contribution in [3.63, 3.8) is 0 Å². The number of hydrogen-bond acceptors (Lipinski definition) is 10. The first-order valence-electron chi connectivity index (χ1n) is 6.64. The molecule has 11 nitrogen and oxygen atoms in total. The standard InChI is InChI=1S/C12H14N6O5/c1-20-3-2-14-10-9(15-23-16-10)11-17-22-12(19)18(11)5-8-4-7(13)6-21-8/h4,6H,2-3,5,13H2,1H3,(H,14,16). The number of anilines is 2. The summed E-state index contributed by atoms with van der Waals surface area (Å²) in [6, 6.07) is 1.60. The SMILES string of the molecule is COCCNc1nonc1-c1noc(=O)n1Cc1cc(N)co1. The van der Waals surface area contributed by atoms with Gasteiger partial charge in [0, 0.05) is 19.7 Å². The Morgan fingerprint density at radius 1 is 1.39 bits per heavy atom. The van der Waals surface area contributed by atoms with E-state index in [4.69, 9.17) is 24.0 Å². The number of nitrogens with two attached hydrogens (primary N) is 1. The molecule has 0 saturated heterocycles. The van der Waals surface area contributed by atoms with Crippen molar-refractivity contribution < 1.29 is 18.3 Å². The van der Waals surface area contributed by atoms with E-state index in [9.17, 15) is 4.79 Å². The molecule has 23 heavy (non-hydrogen) atoms. The van der Waals surface area contributed by atoms with Crippen molar-refractivity contribution in [2.75, 3.05) is 31.3 Å². The van der Waals surface area contributed by atoms with Crippen molar-refractivity contribution in [3.05, 3.63) is 28.6 Å². The van der Waals surface area contributed by atoms with E-state index in [0.717, 1.165) is 0 Å². The zero-order valence-electron chi connectivity index (χ0n) is 12.2. The highest BCUT2D eigenvalue weighted by Crippen LogP contribution is 2.22. The van der Waals surface area contributed by atoms with Gasteiger partial charge in [0.25, 0.3) is 0 Å². The molecule has 0 aliphatic rings. The lowest BCUT2D eigenvalue weighted by molar-refractivity contribution is 0.210. The molecule has 0 saturated carbocycles. The molecule has 3 heterocycles. The fraction of sp³-hybridized carbons (Fsp3) is 0.333. The number of nitrogens with one attached hydrogen (secondary N) is 1. The zero-order valence-corrected chi connectivity index (χ0v) is 12.2. The Labute approximate surface area is 128 Å². The lowest BCUT2D eigenvalue weighted by atomic mass is 10.3. The van der Waals surface area contributed by atoms with Crippen molar-refractivity contribution in [2.45, 2.75) is 6.54 Å². The van der Waals surface area contributed by atoms with Crippen LogP contribution in [0.5, 0.6) is 0 Å². The van der Waals surface area contributed by atoms with Crippen LogP contribution in [-0.4, -0.2) is 40.3 Å². The van der Waals surface area contributed by atoms with Crippen molar-refractivity contribution in [3.8, 4) is 11.5 Å². The minimum Gasteiger partial charge on any atom is -0.465 e. The molecule has 122 valence electrons. The van der Waals surface area contributed by atoms with E-state index in [1.54, 1.807) is 13.2 Å². The van der Waals surface area contributed by atoms with Gasteiger partial charge in [0.05, 0.1) is 18.8 Å². The Bertz CT molecular complexity index is 831. The largest absolute Gasteiger partial charge is 0.465 e. The molecule has 3 aromatic heterocycles. The van der Waals surface area contributed by atoms with Crippen molar-refractivity contribution >= 4 is 11.5 Å². The van der Waals surface area contributed by atoms with Gasteiger partial charge in [0.2, 0.25) is 11.6 Å². The molecule has 0 spiro atoms. The molecule has 0 bridgehead atoms. The first-order chi connectivity index (χ1) is 11.2. The quantitative estimate of drug-likeness (QED) is 0.576. The average molecular weight is 322 g/mol. The highest BCUT2D eigenvalue weighted by atomic mass is 16.6. The molecule has 11 heteroatoms. The molecule has 0 unspecified atom stereocenters. The highest BCUT2D eigenvalue weighted by Gasteiger charge is 2.22. The second-order valence-corrected chi connectivity index (χ2v) is 4.59. The minimum absolute atomic E-state index is 0.0826. The average Bonchev–Trinajstić information content (AvgIpc) is 3.23. The van der Waals surface area contributed by atoms with Crippen LogP contribution in [0.25, 0.3) is 11.5 Å². The van der Waals surface area contributed by atoms with Gasteiger partial charge in [0.15, 0.2) is 5.69 Å². The van der Waals surface area contributed by atoms with E-state index >= 15 is 0 Å². The van der Waals surface area contributed by atoms with Gasteiger partial charge < -0.3 is 20.2 Å². The van der Waals surface area contributed by atoms with Gasteiger partial charge in [-0.25, -0.2) is 14.0 Å². The molecular formula is C12H14N6O5. The number of rotatable bonds is 7. The third kappa shape index (κ3) is 3.08. The Kier molecular flexibility index (Phi) is 4.10. The normalized spacial score (nSPS) is 11.0. The first kappa shape index (κ1) is 14.8. The molecule has 3 rings (SSSR count). The summed E-state index contributed by atoms with van der Waals surface area (Å²) < 4.78 is 20.8. The fourth-order valence-electron chi connectivity index (χ4n) is 1.94. The summed E-state index contributed by atoms with van der Waals surface area (Å²) in [6.07, 6.45) is 1.38. The van der Waals surface area contributed by atoms with Gasteiger partial charge in [0.1, 0.15) is 12.0 Å². The topological polar surface area (TPSA) is 147 Å². The fourth-order valence-corrected chi connectivity index (χ4v) is 1.94. The van der Waals surface area contributed by atoms with Crippen molar-refractivity contribution in [1.29, 1.82) is 0 Å². The van der Waals surface area contributed by atoms with Crippen LogP contribution in [0.1, 0.15) is 5.76 Å². The third-order valence-corrected chi connectivity index (χ3v) is 2.97. The smallest absolute Gasteiger partial charge is 0.442 e. The molecule has 0 radical (unpaired) electrons. The molecule has 0 fully saturated rings. The number of nitrogen functional groups attached to an aromatic ring is 1. The summed E-state index contributed by atoms with van der Waals surface area (Å²) >= 11 is 0. The monoisotopic (exact) mass is 322 g/mol. The Balaban J connectivity index is 1.89. The van der Waals surface area contributed by atoms with Crippen LogP contribution in [0.15, 0.2) is 30.7 Å². The maximum atomic E-state index is 11.9. The van der Waals surface area contributed by atoms with Crippen LogP contribution >= 0.6 is 0 Å². The van der Waals surface area contributed by atoms with Gasteiger partial charge in [-0.05, 0) is 10.3 Å². The third-order valence-electron chi connectivity index (χ3n) is 2.97. The summed E-state index contributed by atoms with van der Waals surface area (Å²) in [4.78, 5) is 11.9. The Morgan fingerprint density at radius 2 is 2.26 bits per heavy atom. The van der Waals surface area contributed by atoms with Crippen LogP contribution in [-0.2, 0) is 11.3 Å². The molecule has 0 aliphatic heterocycles. The summed E-state index contributed by atoms with van der Waals surface area (Å²) in [5.41, 5.74) is 6.29. The molecule has 3 aromatic rings. The lowest BCUT2D eigenvalue weighted by Gasteiger charge is -2.03. The molecule has 0 aliphatic carbocycles. The Hall–Kier alpha value is -3.08. The number of methoxy groups -OCH3 is 1. The van der Waals surface area contributed by atoms with Gasteiger partial charge in [-0.15, -0.1) is 0 Å². The van der Waals surface area contributed by atoms with Crippen LogP contribution in [0.4, 0.5) is 11.5 Å². The minimum atomic E-state index is -0.666. The van der Waals surface area contributed by atoms with Gasteiger partial charge in [-0.1, -0.05) is 5.16 Å². The van der Waals surface area contributed by atoms with Gasteiger partial charge in [-0.2, -0.15) is 0 Å². The number of ether oxygens (including phenoxy) is 1.